The number of thioether (sulfide) groups is 1. The molecule has 3 rings (SSSR count). The third-order valence-electron chi connectivity index (χ3n) is 3.34. The molecule has 0 bridgehead atoms. The van der Waals surface area contributed by atoms with Gasteiger partial charge < -0.3 is 0 Å². The van der Waals surface area contributed by atoms with Gasteiger partial charge in [-0.15, -0.1) is 11.8 Å². The SMILES string of the molecule is Cc1ccc(SCc2cc(=O)n3c(C)cccc3n2)cc1. The molecule has 0 radical (unpaired) electrons. The molecule has 21 heavy (non-hydrogen) atoms. The zero-order chi connectivity index (χ0) is 14.8. The molecule has 0 amide bonds. The molecule has 3 aromatic rings. The van der Waals surface area contributed by atoms with E-state index in [1.807, 2.05) is 25.1 Å². The van der Waals surface area contributed by atoms with Gasteiger partial charge in [0.1, 0.15) is 5.65 Å². The normalized spacial score (nSPS) is 11.0. The van der Waals surface area contributed by atoms with Gasteiger partial charge in [-0.3, -0.25) is 9.20 Å². The summed E-state index contributed by atoms with van der Waals surface area (Å²) < 4.78 is 1.64. The third-order valence-corrected chi connectivity index (χ3v) is 4.39. The van der Waals surface area contributed by atoms with Gasteiger partial charge >= 0.3 is 0 Å². The summed E-state index contributed by atoms with van der Waals surface area (Å²) in [6, 6.07) is 15.7. The van der Waals surface area contributed by atoms with Crippen LogP contribution in [-0.2, 0) is 5.75 Å². The van der Waals surface area contributed by atoms with Crippen LogP contribution in [0.1, 0.15) is 17.0 Å². The highest BCUT2D eigenvalue weighted by molar-refractivity contribution is 7.98. The second-order valence-corrected chi connectivity index (χ2v) is 6.10. The molecule has 0 aliphatic heterocycles. The van der Waals surface area contributed by atoms with Crippen LogP contribution in [0.15, 0.2) is 58.2 Å². The average Bonchev–Trinajstić information content (AvgIpc) is 2.46. The predicted molar refractivity (Wildman–Crippen MR) is 86.9 cm³/mol. The van der Waals surface area contributed by atoms with Crippen molar-refractivity contribution in [2.75, 3.05) is 0 Å². The van der Waals surface area contributed by atoms with Crippen molar-refractivity contribution in [3.63, 3.8) is 0 Å². The molecule has 0 atom stereocenters. The number of aromatic nitrogens is 2. The molecule has 2 heterocycles. The minimum Gasteiger partial charge on any atom is -0.269 e. The van der Waals surface area contributed by atoms with Gasteiger partial charge in [-0.25, -0.2) is 4.98 Å². The minimum atomic E-state index is -0.0161. The summed E-state index contributed by atoms with van der Waals surface area (Å²) in [5, 5.41) is 0. The highest BCUT2D eigenvalue weighted by atomic mass is 32.2. The van der Waals surface area contributed by atoms with Crippen molar-refractivity contribution in [1.82, 2.24) is 9.38 Å². The first kappa shape index (κ1) is 13.9. The predicted octanol–water partition coefficient (Wildman–Crippen LogP) is 3.60. The van der Waals surface area contributed by atoms with Crippen LogP contribution >= 0.6 is 11.8 Å². The van der Waals surface area contributed by atoms with Crippen molar-refractivity contribution in [1.29, 1.82) is 0 Å². The number of benzene rings is 1. The van der Waals surface area contributed by atoms with Crippen molar-refractivity contribution in [2.45, 2.75) is 24.5 Å². The molecule has 0 aliphatic rings. The van der Waals surface area contributed by atoms with Crippen LogP contribution in [-0.4, -0.2) is 9.38 Å². The Balaban J connectivity index is 1.88. The lowest BCUT2D eigenvalue weighted by atomic mass is 10.2. The Morgan fingerprint density at radius 1 is 1.10 bits per heavy atom. The number of hydrogen-bond acceptors (Lipinski definition) is 3. The van der Waals surface area contributed by atoms with Gasteiger partial charge in [0.2, 0.25) is 0 Å². The van der Waals surface area contributed by atoms with Gasteiger partial charge in [-0.2, -0.15) is 0 Å². The summed E-state index contributed by atoms with van der Waals surface area (Å²) in [6.07, 6.45) is 0. The Labute approximate surface area is 127 Å². The maximum atomic E-state index is 12.2. The van der Waals surface area contributed by atoms with Crippen molar-refractivity contribution >= 4 is 17.4 Å². The van der Waals surface area contributed by atoms with Crippen LogP contribution in [0.25, 0.3) is 5.65 Å². The molecule has 2 aromatic heterocycles. The van der Waals surface area contributed by atoms with Crippen molar-refractivity contribution in [3.05, 3.63) is 75.8 Å². The van der Waals surface area contributed by atoms with Crippen LogP contribution in [0.2, 0.25) is 0 Å². The average molecular weight is 296 g/mol. The number of aryl methyl sites for hydroxylation is 2. The number of hydrogen-bond donors (Lipinski definition) is 0. The minimum absolute atomic E-state index is 0.0161. The van der Waals surface area contributed by atoms with Gasteiger partial charge in [0.05, 0.1) is 5.69 Å². The van der Waals surface area contributed by atoms with Gasteiger partial charge in [0, 0.05) is 22.4 Å². The number of fused-ring (bicyclic) bond motifs is 1. The quantitative estimate of drug-likeness (QED) is 0.693. The van der Waals surface area contributed by atoms with Crippen molar-refractivity contribution in [2.24, 2.45) is 0 Å². The molecular formula is C17H16N2OS. The monoisotopic (exact) mass is 296 g/mol. The molecule has 0 fully saturated rings. The number of rotatable bonds is 3. The summed E-state index contributed by atoms with van der Waals surface area (Å²) in [4.78, 5) is 17.9. The largest absolute Gasteiger partial charge is 0.269 e. The molecule has 0 spiro atoms. The fourth-order valence-corrected chi connectivity index (χ4v) is 3.02. The highest BCUT2D eigenvalue weighted by Crippen LogP contribution is 2.22. The maximum absolute atomic E-state index is 12.2. The van der Waals surface area contributed by atoms with Crippen LogP contribution < -0.4 is 5.56 Å². The Hall–Kier alpha value is -2.07. The van der Waals surface area contributed by atoms with Crippen molar-refractivity contribution in [3.8, 4) is 0 Å². The van der Waals surface area contributed by atoms with E-state index in [1.165, 1.54) is 10.5 Å². The fraction of sp³-hybridized carbons (Fsp3) is 0.176. The van der Waals surface area contributed by atoms with Crippen LogP contribution in [0.3, 0.4) is 0 Å². The lowest BCUT2D eigenvalue weighted by Crippen LogP contribution is -2.17. The lowest BCUT2D eigenvalue weighted by molar-refractivity contribution is 0.968. The van der Waals surface area contributed by atoms with E-state index >= 15 is 0 Å². The summed E-state index contributed by atoms with van der Waals surface area (Å²) in [5.74, 6) is 0.697. The first-order valence-corrected chi connectivity index (χ1v) is 7.80. The standard InChI is InChI=1S/C17H16N2OS/c1-12-6-8-15(9-7-12)21-11-14-10-17(20)19-13(2)4-3-5-16(19)18-14/h3-10H,11H2,1-2H3. The maximum Gasteiger partial charge on any atom is 0.258 e. The molecule has 0 unspecified atom stereocenters. The van der Waals surface area contributed by atoms with E-state index in [0.717, 1.165) is 11.4 Å². The second-order valence-electron chi connectivity index (χ2n) is 5.05. The molecule has 0 saturated carbocycles. The molecule has 4 heteroatoms. The van der Waals surface area contributed by atoms with Gasteiger partial charge in [-0.05, 0) is 38.1 Å². The Bertz CT molecular complexity index is 838. The molecule has 106 valence electrons. The number of pyridine rings is 1. The smallest absolute Gasteiger partial charge is 0.258 e. The lowest BCUT2D eigenvalue weighted by Gasteiger charge is -2.06. The van der Waals surface area contributed by atoms with Crippen LogP contribution in [0, 0.1) is 13.8 Å². The van der Waals surface area contributed by atoms with Crippen molar-refractivity contribution < 1.29 is 0 Å². The highest BCUT2D eigenvalue weighted by Gasteiger charge is 2.04. The first-order valence-electron chi connectivity index (χ1n) is 6.81. The van der Waals surface area contributed by atoms with E-state index < -0.39 is 0 Å². The molecule has 1 aromatic carbocycles. The van der Waals surface area contributed by atoms with E-state index in [1.54, 1.807) is 22.2 Å². The Morgan fingerprint density at radius 2 is 1.86 bits per heavy atom. The number of nitrogens with zero attached hydrogens (tertiary/aromatic N) is 2. The van der Waals surface area contributed by atoms with E-state index in [-0.39, 0.29) is 5.56 Å². The van der Waals surface area contributed by atoms with Gasteiger partial charge in [-0.1, -0.05) is 23.8 Å². The molecule has 0 N–H and O–H groups in total. The van der Waals surface area contributed by atoms with Gasteiger partial charge in [0.15, 0.2) is 0 Å². The zero-order valence-electron chi connectivity index (χ0n) is 12.0. The van der Waals surface area contributed by atoms with Crippen LogP contribution in [0.5, 0.6) is 0 Å². The van der Waals surface area contributed by atoms with E-state index in [2.05, 4.69) is 36.2 Å². The summed E-state index contributed by atoms with van der Waals surface area (Å²) in [6.45, 7) is 3.99. The Kier molecular flexibility index (Phi) is 3.80. The summed E-state index contributed by atoms with van der Waals surface area (Å²) >= 11 is 1.69. The van der Waals surface area contributed by atoms with E-state index in [4.69, 9.17) is 0 Å². The molecular weight excluding hydrogens is 280 g/mol. The van der Waals surface area contributed by atoms with E-state index in [0.29, 0.717) is 11.4 Å². The zero-order valence-corrected chi connectivity index (χ0v) is 12.9. The molecule has 3 nitrogen and oxygen atoms in total. The topological polar surface area (TPSA) is 34.4 Å². The third kappa shape index (κ3) is 3.00. The van der Waals surface area contributed by atoms with Crippen LogP contribution in [0.4, 0.5) is 0 Å². The second kappa shape index (κ2) is 5.74. The first-order chi connectivity index (χ1) is 10.1. The summed E-state index contributed by atoms with van der Waals surface area (Å²) in [7, 11) is 0. The summed E-state index contributed by atoms with van der Waals surface area (Å²) in [5.41, 5.74) is 3.66. The Morgan fingerprint density at radius 3 is 2.62 bits per heavy atom. The fourth-order valence-electron chi connectivity index (χ4n) is 2.23. The molecule has 0 saturated heterocycles. The van der Waals surface area contributed by atoms with E-state index in [9.17, 15) is 4.79 Å². The van der Waals surface area contributed by atoms with Gasteiger partial charge in [0.25, 0.3) is 5.56 Å². The molecule has 0 aliphatic carbocycles.